The van der Waals surface area contributed by atoms with Gasteiger partial charge in [-0.3, -0.25) is 14.4 Å². The van der Waals surface area contributed by atoms with E-state index >= 15 is 0 Å². The van der Waals surface area contributed by atoms with Crippen molar-refractivity contribution in [3.8, 4) is 5.75 Å². The maximum atomic E-state index is 12.9. The number of amides is 3. The molecule has 2 aliphatic rings. The van der Waals surface area contributed by atoms with Crippen LogP contribution in [0.25, 0.3) is 0 Å². The quantitative estimate of drug-likeness (QED) is 0.767. The smallest absolute Gasteiger partial charge is 0.243 e. The Bertz CT molecular complexity index is 747. The fourth-order valence-corrected chi connectivity index (χ4v) is 4.24. The highest BCUT2D eigenvalue weighted by atomic mass is 16.5. The number of fused-ring (bicyclic) bond motifs is 1. The molecule has 0 bridgehead atoms. The SMILES string of the molecule is CCOc1ccc(NC(=O)C[C@H]2C(=O)N[C@H]3CCCC[C@H]3N2C(=O)C(C)C)cc1. The average Bonchev–Trinajstić information content (AvgIpc) is 2.69. The molecule has 1 heterocycles. The number of hydrogen-bond acceptors (Lipinski definition) is 4. The minimum atomic E-state index is -0.771. The summed E-state index contributed by atoms with van der Waals surface area (Å²) in [5.74, 6) is -0.0703. The lowest BCUT2D eigenvalue weighted by Gasteiger charge is -2.48. The van der Waals surface area contributed by atoms with Gasteiger partial charge in [0.15, 0.2) is 0 Å². The molecule has 1 saturated carbocycles. The van der Waals surface area contributed by atoms with Crippen LogP contribution in [0.2, 0.25) is 0 Å². The van der Waals surface area contributed by atoms with Crippen molar-refractivity contribution in [3.05, 3.63) is 24.3 Å². The Morgan fingerprint density at radius 1 is 1.21 bits per heavy atom. The minimum absolute atomic E-state index is 0.00984. The molecule has 29 heavy (non-hydrogen) atoms. The number of carbonyl (C=O) groups excluding carboxylic acids is 3. The molecular weight excluding hydrogens is 370 g/mol. The lowest BCUT2D eigenvalue weighted by molar-refractivity contribution is -0.154. The maximum Gasteiger partial charge on any atom is 0.243 e. The van der Waals surface area contributed by atoms with Crippen LogP contribution in [0.4, 0.5) is 5.69 Å². The number of rotatable bonds is 6. The van der Waals surface area contributed by atoms with E-state index in [1.165, 1.54) is 0 Å². The predicted molar refractivity (Wildman–Crippen MR) is 111 cm³/mol. The second-order valence-corrected chi connectivity index (χ2v) is 8.09. The van der Waals surface area contributed by atoms with Gasteiger partial charge in [0.1, 0.15) is 11.8 Å². The summed E-state index contributed by atoms with van der Waals surface area (Å²) in [6, 6.07) is 6.29. The largest absolute Gasteiger partial charge is 0.494 e. The molecule has 2 fully saturated rings. The standard InChI is InChI=1S/C22H31N3O4/c1-4-29-16-11-9-15(10-12-16)23-20(26)13-19-21(27)24-17-7-5-6-8-18(17)25(19)22(28)14(2)3/h9-12,14,17-19H,4-8,13H2,1-3H3,(H,23,26)(H,24,27)/t17-,18+,19-/m0/s1. The van der Waals surface area contributed by atoms with Crippen molar-refractivity contribution in [2.75, 3.05) is 11.9 Å². The van der Waals surface area contributed by atoms with Crippen LogP contribution in [-0.2, 0) is 14.4 Å². The molecule has 7 nitrogen and oxygen atoms in total. The third-order valence-corrected chi connectivity index (χ3v) is 5.63. The van der Waals surface area contributed by atoms with Gasteiger partial charge in [-0.25, -0.2) is 0 Å². The molecule has 1 saturated heterocycles. The molecule has 0 spiro atoms. The fraction of sp³-hybridized carbons (Fsp3) is 0.591. The molecule has 7 heteroatoms. The second kappa shape index (κ2) is 9.29. The zero-order valence-electron chi connectivity index (χ0n) is 17.4. The van der Waals surface area contributed by atoms with E-state index < -0.39 is 6.04 Å². The Labute approximate surface area is 172 Å². The highest BCUT2D eigenvalue weighted by Gasteiger charge is 2.46. The van der Waals surface area contributed by atoms with Gasteiger partial charge in [0, 0.05) is 17.6 Å². The highest BCUT2D eigenvalue weighted by molar-refractivity contribution is 5.98. The number of nitrogens with one attached hydrogen (secondary N) is 2. The first kappa shape index (κ1) is 21.1. The molecule has 158 valence electrons. The van der Waals surface area contributed by atoms with Gasteiger partial charge >= 0.3 is 0 Å². The lowest BCUT2D eigenvalue weighted by Crippen LogP contribution is -2.68. The van der Waals surface area contributed by atoms with E-state index in [1.807, 2.05) is 20.8 Å². The predicted octanol–water partition coefficient (Wildman–Crippen LogP) is 2.71. The topological polar surface area (TPSA) is 87.7 Å². The van der Waals surface area contributed by atoms with E-state index in [4.69, 9.17) is 4.74 Å². The molecule has 3 rings (SSSR count). The Kier molecular flexibility index (Phi) is 6.77. The zero-order valence-corrected chi connectivity index (χ0v) is 17.4. The van der Waals surface area contributed by atoms with Crippen LogP contribution in [0.15, 0.2) is 24.3 Å². The third kappa shape index (κ3) is 4.89. The van der Waals surface area contributed by atoms with Crippen molar-refractivity contribution in [3.63, 3.8) is 0 Å². The first-order valence-electron chi connectivity index (χ1n) is 10.6. The Morgan fingerprint density at radius 2 is 1.90 bits per heavy atom. The molecule has 0 unspecified atom stereocenters. The van der Waals surface area contributed by atoms with Gasteiger partial charge in [0.05, 0.1) is 19.1 Å². The van der Waals surface area contributed by atoms with Crippen molar-refractivity contribution in [1.29, 1.82) is 0 Å². The normalized spacial score (nSPS) is 23.9. The van der Waals surface area contributed by atoms with Gasteiger partial charge < -0.3 is 20.3 Å². The van der Waals surface area contributed by atoms with Crippen LogP contribution >= 0.6 is 0 Å². The summed E-state index contributed by atoms with van der Waals surface area (Å²) >= 11 is 0. The van der Waals surface area contributed by atoms with Crippen LogP contribution < -0.4 is 15.4 Å². The van der Waals surface area contributed by atoms with Crippen molar-refractivity contribution in [2.24, 2.45) is 5.92 Å². The molecule has 1 aromatic rings. The summed E-state index contributed by atoms with van der Waals surface area (Å²) in [6.07, 6.45) is 3.77. The summed E-state index contributed by atoms with van der Waals surface area (Å²) < 4.78 is 5.40. The number of benzene rings is 1. The molecular formula is C22H31N3O4. The van der Waals surface area contributed by atoms with E-state index in [0.29, 0.717) is 12.3 Å². The maximum absolute atomic E-state index is 12.9. The molecule has 0 radical (unpaired) electrons. The molecule has 2 N–H and O–H groups in total. The van der Waals surface area contributed by atoms with Crippen LogP contribution in [-0.4, -0.2) is 47.4 Å². The summed E-state index contributed by atoms with van der Waals surface area (Å²) in [5, 5.41) is 5.88. The van der Waals surface area contributed by atoms with E-state index in [9.17, 15) is 14.4 Å². The number of hydrogen-bond donors (Lipinski definition) is 2. The highest BCUT2D eigenvalue weighted by Crippen LogP contribution is 2.31. The summed E-state index contributed by atoms with van der Waals surface area (Å²) in [4.78, 5) is 40.1. The molecule has 3 amide bonds. The van der Waals surface area contributed by atoms with E-state index in [1.54, 1.807) is 29.2 Å². The second-order valence-electron chi connectivity index (χ2n) is 8.09. The number of carbonyl (C=O) groups is 3. The van der Waals surface area contributed by atoms with E-state index in [0.717, 1.165) is 31.4 Å². The molecule has 0 aromatic heterocycles. The number of nitrogens with zero attached hydrogens (tertiary/aromatic N) is 1. The summed E-state index contributed by atoms with van der Waals surface area (Å²) in [5.41, 5.74) is 0.631. The number of piperazine rings is 1. The first-order chi connectivity index (χ1) is 13.9. The van der Waals surface area contributed by atoms with Crippen LogP contribution in [0.1, 0.15) is 52.9 Å². The van der Waals surface area contributed by atoms with Crippen molar-refractivity contribution >= 4 is 23.4 Å². The Balaban J connectivity index is 1.72. The van der Waals surface area contributed by atoms with Crippen LogP contribution in [0.3, 0.4) is 0 Å². The van der Waals surface area contributed by atoms with Gasteiger partial charge in [-0.05, 0) is 44.0 Å². The Hall–Kier alpha value is -2.57. The van der Waals surface area contributed by atoms with Gasteiger partial charge in [-0.1, -0.05) is 26.7 Å². The third-order valence-electron chi connectivity index (χ3n) is 5.63. The zero-order chi connectivity index (χ0) is 21.0. The van der Waals surface area contributed by atoms with Gasteiger partial charge in [0.2, 0.25) is 17.7 Å². The number of ether oxygens (including phenoxy) is 1. The average molecular weight is 402 g/mol. The first-order valence-corrected chi connectivity index (χ1v) is 10.6. The van der Waals surface area contributed by atoms with Crippen molar-refractivity contribution < 1.29 is 19.1 Å². The van der Waals surface area contributed by atoms with Crippen molar-refractivity contribution in [2.45, 2.75) is 71.0 Å². The van der Waals surface area contributed by atoms with Crippen molar-refractivity contribution in [1.82, 2.24) is 10.2 Å². The van der Waals surface area contributed by atoms with Crippen LogP contribution in [0.5, 0.6) is 5.75 Å². The van der Waals surface area contributed by atoms with Crippen LogP contribution in [0, 0.1) is 5.92 Å². The van der Waals surface area contributed by atoms with Gasteiger partial charge in [0.25, 0.3) is 0 Å². The molecule has 1 aliphatic heterocycles. The van der Waals surface area contributed by atoms with Gasteiger partial charge in [-0.15, -0.1) is 0 Å². The summed E-state index contributed by atoms with van der Waals surface area (Å²) in [6.45, 7) is 6.16. The minimum Gasteiger partial charge on any atom is -0.494 e. The van der Waals surface area contributed by atoms with E-state index in [-0.39, 0.29) is 42.1 Å². The lowest BCUT2D eigenvalue weighted by atomic mass is 9.84. The van der Waals surface area contributed by atoms with E-state index in [2.05, 4.69) is 10.6 Å². The molecule has 1 aromatic carbocycles. The monoisotopic (exact) mass is 401 g/mol. The molecule has 1 aliphatic carbocycles. The van der Waals surface area contributed by atoms with Gasteiger partial charge in [-0.2, -0.15) is 0 Å². The Morgan fingerprint density at radius 3 is 2.55 bits per heavy atom. The number of anilines is 1. The fourth-order valence-electron chi connectivity index (χ4n) is 4.24. The summed E-state index contributed by atoms with van der Waals surface area (Å²) in [7, 11) is 0. The molecule has 3 atom stereocenters.